The Morgan fingerprint density at radius 1 is 1.05 bits per heavy atom. The minimum atomic E-state index is 0.752. The van der Waals surface area contributed by atoms with Crippen molar-refractivity contribution in [2.75, 3.05) is 0 Å². The molecule has 0 radical (unpaired) electrons. The van der Waals surface area contributed by atoms with E-state index in [1.165, 1.54) is 43.4 Å². The van der Waals surface area contributed by atoms with E-state index in [0.717, 1.165) is 35.2 Å². The number of rotatable bonds is 1. The van der Waals surface area contributed by atoms with E-state index in [1.807, 2.05) is 0 Å². The molecule has 0 unspecified atom stereocenters. The minimum absolute atomic E-state index is 0.752. The highest BCUT2D eigenvalue weighted by Crippen LogP contribution is 2.59. The van der Waals surface area contributed by atoms with Crippen LogP contribution in [0.25, 0.3) is 5.65 Å². The maximum Gasteiger partial charge on any atom is 0.139 e. The fourth-order valence-electron chi connectivity index (χ4n) is 5.74. The van der Waals surface area contributed by atoms with Gasteiger partial charge in [-0.05, 0) is 74.3 Å². The van der Waals surface area contributed by atoms with Crippen molar-refractivity contribution in [1.29, 1.82) is 0 Å². The zero-order chi connectivity index (χ0) is 13.3. The van der Waals surface area contributed by atoms with Gasteiger partial charge in [-0.3, -0.25) is 0 Å². The molecule has 0 amide bonds. The lowest BCUT2D eigenvalue weighted by Crippen LogP contribution is -2.43. The van der Waals surface area contributed by atoms with E-state index in [1.54, 1.807) is 0 Å². The number of fused-ring (bicyclic) bond motifs is 1. The molecule has 6 rings (SSSR count). The quantitative estimate of drug-likeness (QED) is 0.756. The fraction of sp³-hybridized carbons (Fsp3) is 0.611. The van der Waals surface area contributed by atoms with Crippen LogP contribution < -0.4 is 0 Å². The molecule has 0 N–H and O–H groups in total. The lowest BCUT2D eigenvalue weighted by atomic mass is 9.51. The zero-order valence-electron chi connectivity index (χ0n) is 12.1. The SMILES string of the molecule is Cc1cccn2cc(C3C4CC5CC(C4)CC3C5)nc12. The second kappa shape index (κ2) is 3.87. The predicted octanol–water partition coefficient (Wildman–Crippen LogP) is 4.18. The van der Waals surface area contributed by atoms with E-state index < -0.39 is 0 Å². The largest absolute Gasteiger partial charge is 0.307 e. The van der Waals surface area contributed by atoms with E-state index in [4.69, 9.17) is 4.98 Å². The van der Waals surface area contributed by atoms with Gasteiger partial charge in [0.1, 0.15) is 5.65 Å². The predicted molar refractivity (Wildman–Crippen MR) is 79.7 cm³/mol. The minimum Gasteiger partial charge on any atom is -0.307 e. The molecular formula is C18H22N2. The van der Waals surface area contributed by atoms with Gasteiger partial charge in [0.2, 0.25) is 0 Å². The molecule has 0 aromatic carbocycles. The Labute approximate surface area is 120 Å². The third-order valence-electron chi connectivity index (χ3n) is 6.26. The molecule has 104 valence electrons. The van der Waals surface area contributed by atoms with Gasteiger partial charge in [-0.15, -0.1) is 0 Å². The van der Waals surface area contributed by atoms with E-state index in [-0.39, 0.29) is 0 Å². The summed E-state index contributed by atoms with van der Waals surface area (Å²) in [6.07, 6.45) is 11.9. The highest BCUT2D eigenvalue weighted by molar-refractivity contribution is 5.48. The molecule has 0 atom stereocenters. The first-order valence-corrected chi connectivity index (χ1v) is 8.22. The molecule has 4 aliphatic carbocycles. The van der Waals surface area contributed by atoms with Crippen molar-refractivity contribution in [3.8, 4) is 0 Å². The Morgan fingerprint density at radius 2 is 1.75 bits per heavy atom. The van der Waals surface area contributed by atoms with Gasteiger partial charge < -0.3 is 4.40 Å². The molecule has 4 bridgehead atoms. The van der Waals surface area contributed by atoms with Crippen molar-refractivity contribution in [3.63, 3.8) is 0 Å². The highest BCUT2D eigenvalue weighted by atomic mass is 15.0. The summed E-state index contributed by atoms with van der Waals surface area (Å²) in [6.45, 7) is 2.17. The molecule has 0 saturated heterocycles. The Morgan fingerprint density at radius 3 is 2.40 bits per heavy atom. The van der Waals surface area contributed by atoms with Gasteiger partial charge in [0, 0.05) is 18.3 Å². The molecule has 2 aromatic heterocycles. The summed E-state index contributed by atoms with van der Waals surface area (Å²) in [5, 5.41) is 0. The molecular weight excluding hydrogens is 244 g/mol. The van der Waals surface area contributed by atoms with Crippen LogP contribution in [0.4, 0.5) is 0 Å². The average molecular weight is 266 g/mol. The normalized spacial score (nSPS) is 38.8. The first-order chi connectivity index (χ1) is 9.78. The van der Waals surface area contributed by atoms with E-state index >= 15 is 0 Å². The number of hydrogen-bond donors (Lipinski definition) is 0. The molecule has 4 saturated carbocycles. The lowest BCUT2D eigenvalue weighted by Gasteiger charge is -2.54. The molecule has 0 spiro atoms. The molecule has 2 heteroatoms. The maximum atomic E-state index is 5.02. The van der Waals surface area contributed by atoms with Crippen molar-refractivity contribution in [3.05, 3.63) is 35.8 Å². The van der Waals surface area contributed by atoms with Crippen LogP contribution in [-0.2, 0) is 0 Å². The molecule has 4 aliphatic rings. The smallest absolute Gasteiger partial charge is 0.139 e. The first-order valence-electron chi connectivity index (χ1n) is 8.22. The number of hydrogen-bond acceptors (Lipinski definition) is 1. The number of nitrogens with zero attached hydrogens (tertiary/aromatic N) is 2. The Balaban J connectivity index is 1.59. The zero-order valence-corrected chi connectivity index (χ0v) is 12.1. The molecule has 20 heavy (non-hydrogen) atoms. The van der Waals surface area contributed by atoms with Gasteiger partial charge in [0.15, 0.2) is 0 Å². The van der Waals surface area contributed by atoms with Gasteiger partial charge in [0.25, 0.3) is 0 Å². The van der Waals surface area contributed by atoms with Crippen LogP contribution in [-0.4, -0.2) is 9.38 Å². The monoisotopic (exact) mass is 266 g/mol. The Hall–Kier alpha value is -1.31. The second-order valence-corrected chi connectivity index (χ2v) is 7.54. The highest BCUT2D eigenvalue weighted by Gasteiger charge is 2.49. The molecule has 2 aromatic rings. The number of pyridine rings is 1. The Bertz CT molecular complexity index is 641. The van der Waals surface area contributed by atoms with Crippen LogP contribution in [0.2, 0.25) is 0 Å². The van der Waals surface area contributed by atoms with E-state index in [2.05, 4.69) is 35.9 Å². The van der Waals surface area contributed by atoms with Crippen LogP contribution in [0.3, 0.4) is 0 Å². The second-order valence-electron chi connectivity index (χ2n) is 7.54. The fourth-order valence-corrected chi connectivity index (χ4v) is 5.74. The van der Waals surface area contributed by atoms with Gasteiger partial charge in [-0.25, -0.2) is 4.98 Å². The van der Waals surface area contributed by atoms with Crippen LogP contribution >= 0.6 is 0 Å². The van der Waals surface area contributed by atoms with E-state index in [0.29, 0.717) is 0 Å². The lowest BCUT2D eigenvalue weighted by molar-refractivity contribution is -0.00399. The summed E-state index contributed by atoms with van der Waals surface area (Å²) < 4.78 is 2.23. The van der Waals surface area contributed by atoms with Gasteiger partial charge in [-0.2, -0.15) is 0 Å². The average Bonchev–Trinajstić information content (AvgIpc) is 2.82. The topological polar surface area (TPSA) is 17.3 Å². The third-order valence-corrected chi connectivity index (χ3v) is 6.26. The number of aromatic nitrogens is 2. The maximum absolute atomic E-state index is 5.02. The summed E-state index contributed by atoms with van der Waals surface area (Å²) in [6, 6.07) is 4.30. The molecule has 0 aliphatic heterocycles. The number of imidazole rings is 1. The Kier molecular flexibility index (Phi) is 2.20. The summed E-state index contributed by atoms with van der Waals surface area (Å²) in [7, 11) is 0. The van der Waals surface area contributed by atoms with Crippen LogP contribution in [0.5, 0.6) is 0 Å². The van der Waals surface area contributed by atoms with Crippen molar-refractivity contribution in [1.82, 2.24) is 9.38 Å². The van der Waals surface area contributed by atoms with Crippen LogP contribution in [0, 0.1) is 30.6 Å². The van der Waals surface area contributed by atoms with Gasteiger partial charge in [-0.1, -0.05) is 6.07 Å². The summed E-state index contributed by atoms with van der Waals surface area (Å²) >= 11 is 0. The standard InChI is InChI=1S/C18H22N2/c1-11-3-2-4-20-10-16(19-18(11)20)17-14-6-12-5-13(8-14)9-15(17)7-12/h2-4,10,12-15,17H,5-9H2,1H3. The number of aryl methyl sites for hydroxylation is 1. The first kappa shape index (κ1) is 11.4. The molecule has 2 heterocycles. The van der Waals surface area contributed by atoms with Gasteiger partial charge >= 0.3 is 0 Å². The summed E-state index contributed by atoms with van der Waals surface area (Å²) in [5.74, 6) is 4.70. The van der Waals surface area contributed by atoms with Gasteiger partial charge in [0.05, 0.1) is 5.69 Å². The van der Waals surface area contributed by atoms with Crippen LogP contribution in [0.15, 0.2) is 24.5 Å². The van der Waals surface area contributed by atoms with Crippen molar-refractivity contribution >= 4 is 5.65 Å². The van der Waals surface area contributed by atoms with Crippen molar-refractivity contribution in [2.45, 2.75) is 44.9 Å². The third kappa shape index (κ3) is 1.48. The summed E-state index contributed by atoms with van der Waals surface area (Å²) in [5.41, 5.74) is 3.84. The molecule has 2 nitrogen and oxygen atoms in total. The van der Waals surface area contributed by atoms with Crippen molar-refractivity contribution in [2.24, 2.45) is 23.7 Å². The van der Waals surface area contributed by atoms with E-state index in [9.17, 15) is 0 Å². The van der Waals surface area contributed by atoms with Crippen LogP contribution in [0.1, 0.15) is 49.3 Å². The van der Waals surface area contributed by atoms with Crippen molar-refractivity contribution < 1.29 is 0 Å². The molecule has 4 fully saturated rings. The summed E-state index contributed by atoms with van der Waals surface area (Å²) in [4.78, 5) is 5.02.